The van der Waals surface area contributed by atoms with E-state index >= 15 is 0 Å². The van der Waals surface area contributed by atoms with Gasteiger partial charge in [0, 0.05) is 7.05 Å². The Hall–Kier alpha value is -1.30. The van der Waals surface area contributed by atoms with Crippen molar-refractivity contribution in [3.63, 3.8) is 0 Å². The summed E-state index contributed by atoms with van der Waals surface area (Å²) in [5, 5.41) is 3.75. The maximum atomic E-state index is 12.3. The summed E-state index contributed by atoms with van der Waals surface area (Å²) in [6.45, 7) is 11.2. The first-order chi connectivity index (χ1) is 8.99. The molecule has 0 rings (SSSR count). The van der Waals surface area contributed by atoms with Crippen molar-refractivity contribution in [1.82, 2.24) is 10.4 Å². The van der Waals surface area contributed by atoms with Gasteiger partial charge in [0.1, 0.15) is 11.6 Å². The molecule has 0 heterocycles. The van der Waals surface area contributed by atoms with E-state index in [1.54, 1.807) is 20.8 Å². The van der Waals surface area contributed by atoms with Crippen molar-refractivity contribution in [1.29, 1.82) is 0 Å². The molecule has 0 bridgehead atoms. The summed E-state index contributed by atoms with van der Waals surface area (Å²) in [5.41, 5.74) is -0.605. The molecule has 0 radical (unpaired) electrons. The summed E-state index contributed by atoms with van der Waals surface area (Å²) in [6, 6.07) is -0.685. The number of likely N-dealkylation sites (N-methyl/N-ethyl adjacent to an activating group) is 1. The number of amides is 2. The molecule has 2 amide bonds. The van der Waals surface area contributed by atoms with E-state index in [4.69, 9.17) is 9.57 Å². The molecule has 0 saturated heterocycles. The first-order valence-electron chi connectivity index (χ1n) is 6.80. The zero-order valence-corrected chi connectivity index (χ0v) is 13.8. The van der Waals surface area contributed by atoms with E-state index in [9.17, 15) is 9.59 Å². The van der Waals surface area contributed by atoms with Crippen LogP contribution in [-0.2, 0) is 14.4 Å². The van der Waals surface area contributed by atoms with Gasteiger partial charge in [-0.15, -0.1) is 0 Å². The topological polar surface area (TPSA) is 67.9 Å². The molecular weight excluding hydrogens is 260 g/mol. The van der Waals surface area contributed by atoms with Gasteiger partial charge in [-0.2, -0.15) is 0 Å². The number of nitrogens with one attached hydrogen (secondary N) is 1. The lowest BCUT2D eigenvalue weighted by Gasteiger charge is -2.30. The summed E-state index contributed by atoms with van der Waals surface area (Å²) in [6.07, 6.45) is -0.604. The minimum atomic E-state index is -0.685. The lowest BCUT2D eigenvalue weighted by molar-refractivity contribution is -0.172. The number of ether oxygens (including phenoxy) is 1. The quantitative estimate of drug-likeness (QED) is 0.787. The minimum absolute atomic E-state index is 0.0485. The SMILES string of the molecule is CON(C)C(=O)[C@@H](NC(=O)OC(C)(C)C)C(C)C(C)C. The summed E-state index contributed by atoms with van der Waals surface area (Å²) in [7, 11) is 2.92. The summed E-state index contributed by atoms with van der Waals surface area (Å²) in [4.78, 5) is 29.0. The Morgan fingerprint density at radius 1 is 1.15 bits per heavy atom. The third kappa shape index (κ3) is 6.23. The van der Waals surface area contributed by atoms with Crippen molar-refractivity contribution in [3.05, 3.63) is 0 Å². The average molecular weight is 288 g/mol. The Bertz CT molecular complexity index is 337. The molecule has 1 N–H and O–H groups in total. The molecule has 20 heavy (non-hydrogen) atoms. The Morgan fingerprint density at radius 2 is 1.65 bits per heavy atom. The fourth-order valence-corrected chi connectivity index (χ4v) is 1.52. The second kappa shape index (κ2) is 7.47. The van der Waals surface area contributed by atoms with Gasteiger partial charge >= 0.3 is 6.09 Å². The Kier molecular flexibility index (Phi) is 6.99. The Morgan fingerprint density at radius 3 is 2.00 bits per heavy atom. The molecule has 1 unspecified atom stereocenters. The molecule has 0 fully saturated rings. The number of nitrogens with zero attached hydrogens (tertiary/aromatic N) is 1. The van der Waals surface area contributed by atoms with E-state index in [1.807, 2.05) is 20.8 Å². The van der Waals surface area contributed by atoms with E-state index in [0.29, 0.717) is 0 Å². The number of hydroxylamine groups is 2. The maximum Gasteiger partial charge on any atom is 0.408 e. The summed E-state index contributed by atoms with van der Waals surface area (Å²) in [5.74, 6) is -0.128. The van der Waals surface area contributed by atoms with E-state index in [2.05, 4.69) is 5.32 Å². The van der Waals surface area contributed by atoms with Crippen LogP contribution in [0.15, 0.2) is 0 Å². The number of rotatable bonds is 5. The molecule has 0 saturated carbocycles. The van der Waals surface area contributed by atoms with E-state index < -0.39 is 17.7 Å². The van der Waals surface area contributed by atoms with Crippen LogP contribution in [0.2, 0.25) is 0 Å². The van der Waals surface area contributed by atoms with Gasteiger partial charge in [-0.05, 0) is 32.6 Å². The molecular formula is C14H28N2O4. The van der Waals surface area contributed by atoms with Crippen molar-refractivity contribution in [2.24, 2.45) is 11.8 Å². The largest absolute Gasteiger partial charge is 0.444 e. The lowest BCUT2D eigenvalue weighted by Crippen LogP contribution is -2.52. The van der Waals surface area contributed by atoms with E-state index in [0.717, 1.165) is 5.06 Å². The minimum Gasteiger partial charge on any atom is -0.444 e. The van der Waals surface area contributed by atoms with Crippen LogP contribution in [0.1, 0.15) is 41.5 Å². The average Bonchev–Trinajstić information content (AvgIpc) is 2.30. The van der Waals surface area contributed by atoms with Crippen molar-refractivity contribution in [2.75, 3.05) is 14.2 Å². The van der Waals surface area contributed by atoms with Gasteiger partial charge in [-0.25, -0.2) is 9.86 Å². The number of alkyl carbamates (subject to hydrolysis) is 1. The Labute approximate surface area is 121 Å². The molecule has 0 aromatic rings. The van der Waals surface area contributed by atoms with Crippen LogP contribution in [0.4, 0.5) is 4.79 Å². The van der Waals surface area contributed by atoms with Crippen LogP contribution >= 0.6 is 0 Å². The van der Waals surface area contributed by atoms with Gasteiger partial charge < -0.3 is 10.1 Å². The molecule has 0 aliphatic heterocycles. The van der Waals surface area contributed by atoms with Crippen LogP contribution in [-0.4, -0.2) is 42.9 Å². The first kappa shape index (κ1) is 18.7. The maximum absolute atomic E-state index is 12.3. The molecule has 0 aliphatic carbocycles. The molecule has 0 aromatic carbocycles. The third-order valence-corrected chi connectivity index (χ3v) is 3.10. The summed E-state index contributed by atoms with van der Waals surface area (Å²) >= 11 is 0. The smallest absolute Gasteiger partial charge is 0.408 e. The van der Waals surface area contributed by atoms with E-state index in [1.165, 1.54) is 14.2 Å². The Balaban J connectivity index is 4.96. The van der Waals surface area contributed by atoms with Crippen molar-refractivity contribution in [2.45, 2.75) is 53.2 Å². The molecule has 0 aromatic heterocycles. The third-order valence-electron chi connectivity index (χ3n) is 3.10. The van der Waals surface area contributed by atoms with Crippen molar-refractivity contribution >= 4 is 12.0 Å². The highest BCUT2D eigenvalue weighted by Crippen LogP contribution is 2.17. The highest BCUT2D eigenvalue weighted by molar-refractivity contribution is 5.85. The zero-order valence-electron chi connectivity index (χ0n) is 13.8. The van der Waals surface area contributed by atoms with Crippen LogP contribution < -0.4 is 5.32 Å². The van der Waals surface area contributed by atoms with Gasteiger partial charge in [0.25, 0.3) is 5.91 Å². The lowest BCUT2D eigenvalue weighted by atomic mass is 9.90. The number of hydrogen-bond acceptors (Lipinski definition) is 4. The normalized spacial score (nSPS) is 14.7. The fourth-order valence-electron chi connectivity index (χ4n) is 1.52. The van der Waals surface area contributed by atoms with Gasteiger partial charge in [0.05, 0.1) is 7.11 Å². The standard InChI is InChI=1S/C14H28N2O4/c1-9(2)10(3)11(12(17)16(7)19-8)15-13(18)20-14(4,5)6/h9-11H,1-8H3,(H,15,18)/t10?,11-/m0/s1. The highest BCUT2D eigenvalue weighted by atomic mass is 16.7. The zero-order chi connectivity index (χ0) is 16.1. The van der Waals surface area contributed by atoms with Gasteiger partial charge in [-0.1, -0.05) is 20.8 Å². The summed E-state index contributed by atoms with van der Waals surface area (Å²) < 4.78 is 5.20. The number of carbonyl (C=O) groups excluding carboxylic acids is 2. The number of hydrogen-bond donors (Lipinski definition) is 1. The van der Waals surface area contributed by atoms with Crippen molar-refractivity contribution in [3.8, 4) is 0 Å². The molecule has 118 valence electrons. The predicted octanol–water partition coefficient (Wildman–Crippen LogP) is 2.19. The molecule has 2 atom stereocenters. The van der Waals surface area contributed by atoms with E-state index in [-0.39, 0.29) is 17.7 Å². The van der Waals surface area contributed by atoms with Crippen LogP contribution in [0, 0.1) is 11.8 Å². The first-order valence-corrected chi connectivity index (χ1v) is 6.80. The van der Waals surface area contributed by atoms with Crippen LogP contribution in [0.25, 0.3) is 0 Å². The fraction of sp³-hybridized carbons (Fsp3) is 0.857. The monoisotopic (exact) mass is 288 g/mol. The van der Waals surface area contributed by atoms with Crippen molar-refractivity contribution < 1.29 is 19.2 Å². The second-order valence-electron chi connectivity index (χ2n) is 6.25. The molecule has 6 heteroatoms. The second-order valence-corrected chi connectivity index (χ2v) is 6.25. The molecule has 0 aliphatic rings. The molecule has 0 spiro atoms. The molecule has 6 nitrogen and oxygen atoms in total. The predicted molar refractivity (Wildman–Crippen MR) is 76.9 cm³/mol. The highest BCUT2D eigenvalue weighted by Gasteiger charge is 2.32. The van der Waals surface area contributed by atoms with Crippen LogP contribution in [0.3, 0.4) is 0 Å². The van der Waals surface area contributed by atoms with Gasteiger partial charge in [0.2, 0.25) is 0 Å². The van der Waals surface area contributed by atoms with Crippen LogP contribution in [0.5, 0.6) is 0 Å². The number of carbonyl (C=O) groups is 2. The van der Waals surface area contributed by atoms with Gasteiger partial charge in [0.15, 0.2) is 0 Å². The van der Waals surface area contributed by atoms with Gasteiger partial charge in [-0.3, -0.25) is 9.63 Å².